The van der Waals surface area contributed by atoms with E-state index in [0.29, 0.717) is 12.5 Å². The molecule has 0 N–H and O–H groups in total. The van der Waals surface area contributed by atoms with Crippen LogP contribution >= 0.6 is 0 Å². The van der Waals surface area contributed by atoms with Crippen molar-refractivity contribution >= 4 is 5.91 Å². The van der Waals surface area contributed by atoms with Crippen LogP contribution in [0.3, 0.4) is 0 Å². The number of hydrogen-bond acceptors (Lipinski definition) is 4. The van der Waals surface area contributed by atoms with Gasteiger partial charge in [-0.05, 0) is 19.1 Å². The quantitative estimate of drug-likeness (QED) is 0.848. The summed E-state index contributed by atoms with van der Waals surface area (Å²) in [5.41, 5.74) is 1.98. The molecule has 4 rings (SSSR count). The van der Waals surface area contributed by atoms with Crippen molar-refractivity contribution < 1.29 is 4.79 Å². The van der Waals surface area contributed by atoms with Gasteiger partial charge >= 0.3 is 0 Å². The number of aryl methyl sites for hydroxylation is 2. The third kappa shape index (κ3) is 2.82. The Morgan fingerprint density at radius 1 is 1.21 bits per heavy atom. The van der Waals surface area contributed by atoms with Crippen LogP contribution in [-0.2, 0) is 24.9 Å². The SMILES string of the molecule is Cc1cccc(CN2C[C@@H]3CN(Cc4nccn4C)C[C@@H]3C2=O)n1. The second-order valence-electron chi connectivity index (χ2n) is 7.00. The molecule has 2 atom stereocenters. The van der Waals surface area contributed by atoms with Crippen LogP contribution in [0.4, 0.5) is 0 Å². The summed E-state index contributed by atoms with van der Waals surface area (Å²) in [7, 11) is 2.01. The minimum atomic E-state index is 0.134. The van der Waals surface area contributed by atoms with Gasteiger partial charge in [-0.1, -0.05) is 6.07 Å². The molecule has 0 bridgehead atoms. The first-order chi connectivity index (χ1) is 11.6. The summed E-state index contributed by atoms with van der Waals surface area (Å²) in [6.45, 7) is 6.10. The van der Waals surface area contributed by atoms with E-state index < -0.39 is 0 Å². The van der Waals surface area contributed by atoms with E-state index in [4.69, 9.17) is 0 Å². The van der Waals surface area contributed by atoms with Crippen molar-refractivity contribution in [1.82, 2.24) is 24.3 Å². The van der Waals surface area contributed by atoms with E-state index in [1.807, 2.05) is 54.0 Å². The zero-order valence-electron chi connectivity index (χ0n) is 14.2. The number of hydrogen-bond donors (Lipinski definition) is 0. The lowest BCUT2D eigenvalue weighted by atomic mass is 10.0. The molecule has 2 fully saturated rings. The van der Waals surface area contributed by atoms with Crippen LogP contribution in [0.5, 0.6) is 0 Å². The summed E-state index contributed by atoms with van der Waals surface area (Å²) < 4.78 is 2.05. The second kappa shape index (κ2) is 6.02. The molecule has 0 unspecified atom stereocenters. The van der Waals surface area contributed by atoms with Gasteiger partial charge < -0.3 is 9.47 Å². The fourth-order valence-electron chi connectivity index (χ4n) is 3.94. The molecule has 2 aromatic rings. The summed E-state index contributed by atoms with van der Waals surface area (Å²) in [5.74, 6) is 1.91. The lowest BCUT2D eigenvalue weighted by Gasteiger charge is -2.21. The number of likely N-dealkylation sites (tertiary alicyclic amines) is 2. The molecule has 0 saturated carbocycles. The van der Waals surface area contributed by atoms with Crippen molar-refractivity contribution in [3.05, 3.63) is 47.8 Å². The Labute approximate surface area is 142 Å². The van der Waals surface area contributed by atoms with E-state index in [2.05, 4.69) is 14.9 Å². The molecule has 1 amide bonds. The minimum Gasteiger partial charge on any atom is -0.337 e. The van der Waals surface area contributed by atoms with Crippen molar-refractivity contribution in [2.45, 2.75) is 20.0 Å². The molecule has 2 aromatic heterocycles. The maximum atomic E-state index is 12.7. The fraction of sp³-hybridized carbons (Fsp3) is 0.500. The van der Waals surface area contributed by atoms with Crippen molar-refractivity contribution in [2.75, 3.05) is 19.6 Å². The highest BCUT2D eigenvalue weighted by atomic mass is 16.2. The molecule has 0 aromatic carbocycles. The second-order valence-corrected chi connectivity index (χ2v) is 7.00. The predicted molar refractivity (Wildman–Crippen MR) is 89.9 cm³/mol. The third-order valence-electron chi connectivity index (χ3n) is 5.19. The van der Waals surface area contributed by atoms with Crippen LogP contribution in [0.25, 0.3) is 0 Å². The smallest absolute Gasteiger partial charge is 0.227 e. The zero-order valence-corrected chi connectivity index (χ0v) is 14.2. The average Bonchev–Trinajstić information content (AvgIpc) is 3.19. The molecule has 2 saturated heterocycles. The molecular weight excluding hydrogens is 302 g/mol. The molecule has 0 spiro atoms. The highest BCUT2D eigenvalue weighted by molar-refractivity contribution is 5.82. The highest BCUT2D eigenvalue weighted by Gasteiger charge is 2.46. The molecule has 4 heterocycles. The molecule has 2 aliphatic rings. The molecule has 126 valence electrons. The Bertz CT molecular complexity index is 755. The molecular formula is C18H23N5O. The van der Waals surface area contributed by atoms with Gasteiger partial charge in [0.15, 0.2) is 0 Å². The number of pyridine rings is 1. The number of carbonyl (C=O) groups is 1. The van der Waals surface area contributed by atoms with Crippen LogP contribution in [0.2, 0.25) is 0 Å². The van der Waals surface area contributed by atoms with Crippen molar-refractivity contribution in [3.8, 4) is 0 Å². The van der Waals surface area contributed by atoms with Gasteiger partial charge in [-0.2, -0.15) is 0 Å². The number of nitrogens with zero attached hydrogens (tertiary/aromatic N) is 5. The number of carbonyl (C=O) groups excluding carboxylic acids is 1. The fourth-order valence-corrected chi connectivity index (χ4v) is 3.94. The molecule has 0 aliphatic carbocycles. The van der Waals surface area contributed by atoms with Gasteiger partial charge in [0.25, 0.3) is 0 Å². The average molecular weight is 325 g/mol. The summed E-state index contributed by atoms with van der Waals surface area (Å²) in [6.07, 6.45) is 3.79. The third-order valence-corrected chi connectivity index (χ3v) is 5.19. The summed E-state index contributed by atoms with van der Waals surface area (Å²) in [5, 5.41) is 0. The van der Waals surface area contributed by atoms with Gasteiger partial charge in [-0.25, -0.2) is 4.98 Å². The summed E-state index contributed by atoms with van der Waals surface area (Å²) >= 11 is 0. The van der Waals surface area contributed by atoms with Crippen molar-refractivity contribution in [1.29, 1.82) is 0 Å². The topological polar surface area (TPSA) is 54.3 Å². The number of rotatable bonds is 4. The normalized spacial score (nSPS) is 23.9. The number of amides is 1. The number of imidazole rings is 1. The number of aromatic nitrogens is 3. The first kappa shape index (κ1) is 15.3. The van der Waals surface area contributed by atoms with Crippen LogP contribution in [0.15, 0.2) is 30.6 Å². The van der Waals surface area contributed by atoms with Crippen LogP contribution in [-0.4, -0.2) is 49.9 Å². The van der Waals surface area contributed by atoms with Crippen molar-refractivity contribution in [3.63, 3.8) is 0 Å². The van der Waals surface area contributed by atoms with Crippen LogP contribution in [0.1, 0.15) is 17.2 Å². The van der Waals surface area contributed by atoms with Gasteiger partial charge in [-0.15, -0.1) is 0 Å². The zero-order chi connectivity index (χ0) is 16.7. The van der Waals surface area contributed by atoms with Crippen LogP contribution in [0, 0.1) is 18.8 Å². The summed E-state index contributed by atoms with van der Waals surface area (Å²) in [6, 6.07) is 5.99. The van der Waals surface area contributed by atoms with Gasteiger partial charge in [0, 0.05) is 50.7 Å². The molecule has 6 nitrogen and oxygen atoms in total. The maximum absolute atomic E-state index is 12.7. The molecule has 6 heteroatoms. The first-order valence-electron chi connectivity index (χ1n) is 8.50. The lowest BCUT2D eigenvalue weighted by molar-refractivity contribution is -0.131. The van der Waals surface area contributed by atoms with E-state index in [9.17, 15) is 4.79 Å². The Morgan fingerprint density at radius 2 is 2.08 bits per heavy atom. The van der Waals surface area contributed by atoms with E-state index in [1.54, 1.807) is 0 Å². The Balaban J connectivity index is 1.39. The lowest BCUT2D eigenvalue weighted by Crippen LogP contribution is -2.32. The standard InChI is InChI=1S/C18H23N5O/c1-13-4-3-5-15(20-13)10-23-9-14-8-22(11-16(14)18(23)24)12-17-19-6-7-21(17)2/h3-7,14,16H,8-12H2,1-2H3/t14-,16-/m0/s1. The van der Waals surface area contributed by atoms with Gasteiger partial charge in [0.05, 0.1) is 24.7 Å². The van der Waals surface area contributed by atoms with Gasteiger partial charge in [0.2, 0.25) is 5.91 Å². The molecule has 2 aliphatic heterocycles. The monoisotopic (exact) mass is 325 g/mol. The van der Waals surface area contributed by atoms with Gasteiger partial charge in [-0.3, -0.25) is 14.7 Å². The minimum absolute atomic E-state index is 0.134. The number of fused-ring (bicyclic) bond motifs is 1. The van der Waals surface area contributed by atoms with Crippen molar-refractivity contribution in [2.24, 2.45) is 18.9 Å². The molecule has 0 radical (unpaired) electrons. The Hall–Kier alpha value is -2.21. The van der Waals surface area contributed by atoms with Gasteiger partial charge in [0.1, 0.15) is 5.82 Å². The summed E-state index contributed by atoms with van der Waals surface area (Å²) in [4.78, 5) is 26.0. The molecule has 24 heavy (non-hydrogen) atoms. The van der Waals surface area contributed by atoms with E-state index in [0.717, 1.165) is 43.4 Å². The predicted octanol–water partition coefficient (Wildman–Crippen LogP) is 1.21. The van der Waals surface area contributed by atoms with E-state index in [-0.39, 0.29) is 11.8 Å². The van der Waals surface area contributed by atoms with E-state index in [1.165, 1.54) is 0 Å². The first-order valence-corrected chi connectivity index (χ1v) is 8.50. The highest BCUT2D eigenvalue weighted by Crippen LogP contribution is 2.33. The maximum Gasteiger partial charge on any atom is 0.227 e. The largest absolute Gasteiger partial charge is 0.337 e. The Kier molecular flexibility index (Phi) is 3.84. The van der Waals surface area contributed by atoms with Crippen LogP contribution < -0.4 is 0 Å². The van der Waals surface area contributed by atoms with E-state index >= 15 is 0 Å². The Morgan fingerprint density at radius 3 is 2.79 bits per heavy atom.